The summed E-state index contributed by atoms with van der Waals surface area (Å²) in [6.45, 7) is 10.9. The van der Waals surface area contributed by atoms with Gasteiger partial charge in [-0.1, -0.05) is 45.8 Å². The molecule has 1 aliphatic carbocycles. The van der Waals surface area contributed by atoms with Gasteiger partial charge in [0.05, 0.1) is 0 Å². The Morgan fingerprint density at radius 2 is 1.88 bits per heavy atom. The van der Waals surface area contributed by atoms with Crippen molar-refractivity contribution in [3.05, 3.63) is 12.2 Å². The van der Waals surface area contributed by atoms with E-state index < -0.39 is 31.5 Å². The number of carboxylic acids is 1. The van der Waals surface area contributed by atoms with Crippen LogP contribution < -0.4 is 5.32 Å². The minimum absolute atomic E-state index is 0.0684. The van der Waals surface area contributed by atoms with E-state index in [4.69, 9.17) is 4.43 Å². The quantitative estimate of drug-likeness (QED) is 0.482. The van der Waals surface area contributed by atoms with Crippen LogP contribution in [0, 0.1) is 5.92 Å². The van der Waals surface area contributed by atoms with Crippen LogP contribution in [0.15, 0.2) is 12.2 Å². The van der Waals surface area contributed by atoms with Gasteiger partial charge in [-0.25, -0.2) is 4.79 Å². The van der Waals surface area contributed by atoms with Crippen molar-refractivity contribution in [1.82, 2.24) is 10.2 Å². The topological polar surface area (TPSA) is 95.9 Å². The van der Waals surface area contributed by atoms with Crippen molar-refractivity contribution in [2.24, 2.45) is 5.92 Å². The SMILES string of the molecule is CC(C)(C)[Si](C)(C)OC12CCCN1C(=O)CCCCCC/C=C/C1CC1(C(=O)O)NC2=O. The molecule has 0 bridgehead atoms. The van der Waals surface area contributed by atoms with Crippen molar-refractivity contribution in [3.63, 3.8) is 0 Å². The normalized spacial score (nSPS) is 33.4. The molecule has 0 aromatic heterocycles. The lowest BCUT2D eigenvalue weighted by Crippen LogP contribution is -2.66. The number of nitrogens with zero attached hydrogens (tertiary/aromatic N) is 1. The lowest BCUT2D eigenvalue weighted by molar-refractivity contribution is -0.167. The van der Waals surface area contributed by atoms with Crippen LogP contribution in [0.5, 0.6) is 0 Å². The number of aliphatic carboxylic acids is 1. The molecule has 3 atom stereocenters. The second kappa shape index (κ2) is 8.93. The van der Waals surface area contributed by atoms with Crippen LogP contribution >= 0.6 is 0 Å². The maximum Gasteiger partial charge on any atom is 0.330 e. The zero-order valence-electron chi connectivity index (χ0n) is 20.3. The average Bonchev–Trinajstić information content (AvgIpc) is 3.21. The Morgan fingerprint density at radius 1 is 1.19 bits per heavy atom. The van der Waals surface area contributed by atoms with Gasteiger partial charge in [-0.3, -0.25) is 9.59 Å². The number of carbonyl (C=O) groups excluding carboxylic acids is 2. The van der Waals surface area contributed by atoms with Gasteiger partial charge < -0.3 is 19.7 Å². The Labute approximate surface area is 193 Å². The first kappa shape index (κ1) is 25.0. The van der Waals surface area contributed by atoms with E-state index in [1.54, 1.807) is 4.90 Å². The first-order valence-electron chi connectivity index (χ1n) is 12.1. The van der Waals surface area contributed by atoms with Gasteiger partial charge >= 0.3 is 5.97 Å². The van der Waals surface area contributed by atoms with Gasteiger partial charge in [0.15, 0.2) is 8.32 Å². The highest BCUT2D eigenvalue weighted by molar-refractivity contribution is 6.74. The molecule has 180 valence electrons. The molecule has 8 heteroatoms. The Kier molecular flexibility index (Phi) is 6.97. The van der Waals surface area contributed by atoms with Crippen LogP contribution in [-0.2, 0) is 18.8 Å². The number of carbonyl (C=O) groups is 3. The standard InChI is InChI=1S/C24H40N2O5Si/c1-22(2,3)32(4,5)31-24-15-12-16-26(24)19(27)14-11-9-7-6-8-10-13-18-17-23(18,21(29)30)25-20(24)28/h10,13,18H,6-9,11-12,14-17H2,1-5H3,(H,25,28)(H,29,30)/b13-10+. The van der Waals surface area contributed by atoms with E-state index in [0.29, 0.717) is 32.2 Å². The van der Waals surface area contributed by atoms with Crippen LogP contribution in [0.25, 0.3) is 0 Å². The van der Waals surface area contributed by atoms with Crippen LogP contribution in [0.3, 0.4) is 0 Å². The minimum atomic E-state index is -2.45. The van der Waals surface area contributed by atoms with E-state index in [0.717, 1.165) is 32.1 Å². The maximum atomic E-state index is 13.9. The molecule has 0 aromatic carbocycles. The summed E-state index contributed by atoms with van der Waals surface area (Å²) in [6.07, 6.45) is 10.5. The maximum absolute atomic E-state index is 13.9. The van der Waals surface area contributed by atoms with E-state index in [-0.39, 0.29) is 16.9 Å². The summed E-state index contributed by atoms with van der Waals surface area (Å²) in [4.78, 5) is 41.0. The fourth-order valence-electron chi connectivity index (χ4n) is 4.63. The lowest BCUT2D eigenvalue weighted by Gasteiger charge is -2.47. The largest absolute Gasteiger partial charge is 0.479 e. The molecule has 7 nitrogen and oxygen atoms in total. The van der Waals surface area contributed by atoms with Crippen LogP contribution in [0.4, 0.5) is 0 Å². The second-order valence-electron chi connectivity index (χ2n) is 11.2. The van der Waals surface area contributed by atoms with Crippen molar-refractivity contribution in [2.75, 3.05) is 6.54 Å². The summed E-state index contributed by atoms with van der Waals surface area (Å²) in [7, 11) is -2.45. The van der Waals surface area contributed by atoms with Crippen molar-refractivity contribution in [2.45, 2.75) is 108 Å². The van der Waals surface area contributed by atoms with E-state index >= 15 is 0 Å². The number of allylic oxidation sites excluding steroid dienone is 1. The van der Waals surface area contributed by atoms with Gasteiger partial charge in [0.1, 0.15) is 5.54 Å². The molecule has 0 radical (unpaired) electrons. The van der Waals surface area contributed by atoms with E-state index in [1.165, 1.54) is 0 Å². The fourth-order valence-corrected chi connectivity index (χ4v) is 6.09. The molecular weight excluding hydrogens is 424 g/mol. The van der Waals surface area contributed by atoms with Crippen molar-refractivity contribution in [1.29, 1.82) is 0 Å². The summed E-state index contributed by atoms with van der Waals surface area (Å²) in [5, 5.41) is 12.7. The first-order valence-corrected chi connectivity index (χ1v) is 15.0. The predicted octanol–water partition coefficient (Wildman–Crippen LogP) is 4.20. The Balaban J connectivity index is 2.00. The monoisotopic (exact) mass is 464 g/mol. The third-order valence-corrected chi connectivity index (χ3v) is 12.3. The minimum Gasteiger partial charge on any atom is -0.479 e. The molecule has 3 unspecified atom stereocenters. The van der Waals surface area contributed by atoms with Gasteiger partial charge in [-0.05, 0) is 50.2 Å². The molecule has 1 saturated carbocycles. The van der Waals surface area contributed by atoms with Gasteiger partial charge in [0.2, 0.25) is 11.6 Å². The van der Waals surface area contributed by atoms with Crippen molar-refractivity contribution in [3.8, 4) is 0 Å². The van der Waals surface area contributed by atoms with Gasteiger partial charge in [-0.15, -0.1) is 0 Å². The number of amides is 2. The molecule has 2 fully saturated rings. The molecule has 2 aliphatic heterocycles. The summed E-state index contributed by atoms with van der Waals surface area (Å²) < 4.78 is 6.73. The number of fused-ring (bicyclic) bond motifs is 2. The Hall–Kier alpha value is -1.67. The number of carboxylic acid groups (broad SMARTS) is 1. The zero-order chi connectivity index (χ0) is 23.8. The Morgan fingerprint density at radius 3 is 2.53 bits per heavy atom. The van der Waals surface area contributed by atoms with Crippen LogP contribution in [0.1, 0.15) is 78.6 Å². The number of rotatable bonds is 3. The third-order valence-electron chi connectivity index (χ3n) is 7.83. The molecule has 2 N–H and O–H groups in total. The number of nitrogens with one attached hydrogen (secondary N) is 1. The summed E-state index contributed by atoms with van der Waals surface area (Å²) in [6, 6.07) is 0. The first-order chi connectivity index (χ1) is 14.9. The highest BCUT2D eigenvalue weighted by Gasteiger charge is 2.64. The summed E-state index contributed by atoms with van der Waals surface area (Å²) in [5.41, 5.74) is -2.74. The molecular formula is C24H40N2O5Si. The van der Waals surface area contributed by atoms with Crippen LogP contribution in [-0.4, -0.2) is 53.9 Å². The third kappa shape index (κ3) is 4.67. The second-order valence-corrected chi connectivity index (χ2v) is 15.9. The van der Waals surface area contributed by atoms with Crippen molar-refractivity contribution >= 4 is 26.1 Å². The van der Waals surface area contributed by atoms with E-state index in [9.17, 15) is 19.5 Å². The summed E-state index contributed by atoms with van der Waals surface area (Å²) in [5.74, 6) is -1.80. The van der Waals surface area contributed by atoms with Gasteiger partial charge in [-0.2, -0.15) is 0 Å². The lowest BCUT2D eigenvalue weighted by atomic mass is 10.1. The molecule has 0 spiro atoms. The number of hydrogen-bond donors (Lipinski definition) is 2. The predicted molar refractivity (Wildman–Crippen MR) is 125 cm³/mol. The molecule has 3 rings (SSSR count). The molecule has 32 heavy (non-hydrogen) atoms. The van der Waals surface area contributed by atoms with Crippen LogP contribution in [0.2, 0.25) is 18.1 Å². The zero-order valence-corrected chi connectivity index (χ0v) is 21.3. The molecule has 2 heterocycles. The molecule has 2 amide bonds. The molecule has 1 saturated heterocycles. The number of hydrogen-bond acceptors (Lipinski definition) is 4. The van der Waals surface area contributed by atoms with E-state index in [2.05, 4.69) is 39.2 Å². The fraction of sp³-hybridized carbons (Fsp3) is 0.792. The smallest absolute Gasteiger partial charge is 0.330 e. The highest BCUT2D eigenvalue weighted by atomic mass is 28.4. The highest BCUT2D eigenvalue weighted by Crippen LogP contribution is 2.48. The van der Waals surface area contributed by atoms with Gasteiger partial charge in [0, 0.05) is 25.3 Å². The average molecular weight is 465 g/mol. The van der Waals surface area contributed by atoms with Crippen molar-refractivity contribution < 1.29 is 23.9 Å². The summed E-state index contributed by atoms with van der Waals surface area (Å²) >= 11 is 0. The van der Waals surface area contributed by atoms with E-state index in [1.807, 2.05) is 12.2 Å². The molecule has 3 aliphatic rings. The molecule has 0 aromatic rings. The Bertz CT molecular complexity index is 790. The van der Waals surface area contributed by atoms with Gasteiger partial charge in [0.25, 0.3) is 5.91 Å².